The average molecular weight is 232 g/mol. The summed E-state index contributed by atoms with van der Waals surface area (Å²) in [5, 5.41) is 0. The molecule has 1 aliphatic carbocycles. The maximum absolute atomic E-state index is 12.5. The number of hydrogen-bond donors (Lipinski definition) is 1. The molecule has 0 heterocycles. The largest absolute Gasteiger partial charge is 0.399 e. The summed E-state index contributed by atoms with van der Waals surface area (Å²) in [4.78, 5) is 14.5. The van der Waals surface area contributed by atoms with Crippen LogP contribution in [0.25, 0.3) is 0 Å². The fourth-order valence-electron chi connectivity index (χ4n) is 2.10. The second-order valence-corrected chi connectivity index (χ2v) is 4.80. The maximum Gasteiger partial charge on any atom is 0.254 e. The van der Waals surface area contributed by atoms with Gasteiger partial charge >= 0.3 is 0 Å². The van der Waals surface area contributed by atoms with Gasteiger partial charge in [0.25, 0.3) is 5.91 Å². The molecule has 0 atom stereocenters. The Hall–Kier alpha value is -1.51. The Balaban J connectivity index is 2.24. The minimum absolute atomic E-state index is 0.138. The second kappa shape index (κ2) is 4.78. The molecule has 1 saturated carbocycles. The number of anilines is 1. The molecule has 92 valence electrons. The lowest BCUT2D eigenvalue weighted by atomic mass is 10.1. The van der Waals surface area contributed by atoms with Crippen LogP contribution in [0.15, 0.2) is 18.2 Å². The summed E-state index contributed by atoms with van der Waals surface area (Å²) in [5.74, 6) is 0.138. The molecule has 1 amide bonds. The van der Waals surface area contributed by atoms with Crippen molar-refractivity contribution in [2.75, 3.05) is 12.3 Å². The van der Waals surface area contributed by atoms with Crippen LogP contribution < -0.4 is 5.73 Å². The molecule has 0 aromatic heterocycles. The molecule has 0 spiro atoms. The van der Waals surface area contributed by atoms with Crippen LogP contribution >= 0.6 is 0 Å². The molecule has 2 N–H and O–H groups in total. The quantitative estimate of drug-likeness (QED) is 0.811. The van der Waals surface area contributed by atoms with Crippen LogP contribution in [0.4, 0.5) is 5.69 Å². The van der Waals surface area contributed by atoms with Crippen LogP contribution in [0.1, 0.15) is 42.1 Å². The molecule has 1 aromatic rings. The molecule has 0 unspecified atom stereocenters. The number of carbonyl (C=O) groups is 1. The number of hydrogen-bond acceptors (Lipinski definition) is 2. The minimum atomic E-state index is 0.138. The summed E-state index contributed by atoms with van der Waals surface area (Å²) >= 11 is 0. The molecule has 2 rings (SSSR count). The molecular formula is C14H20N2O. The third-order valence-electron chi connectivity index (χ3n) is 3.21. The van der Waals surface area contributed by atoms with Crippen LogP contribution in [-0.4, -0.2) is 23.4 Å². The van der Waals surface area contributed by atoms with Crippen LogP contribution in [-0.2, 0) is 0 Å². The Morgan fingerprint density at radius 2 is 2.18 bits per heavy atom. The van der Waals surface area contributed by atoms with E-state index in [9.17, 15) is 4.79 Å². The van der Waals surface area contributed by atoms with Crippen LogP contribution in [0.3, 0.4) is 0 Å². The van der Waals surface area contributed by atoms with Crippen LogP contribution in [0.2, 0.25) is 0 Å². The van der Waals surface area contributed by atoms with Crippen molar-refractivity contribution >= 4 is 11.6 Å². The summed E-state index contributed by atoms with van der Waals surface area (Å²) in [6.45, 7) is 4.91. The second-order valence-electron chi connectivity index (χ2n) is 4.80. The van der Waals surface area contributed by atoms with Crippen molar-refractivity contribution in [1.82, 2.24) is 4.90 Å². The number of rotatable bonds is 4. The van der Waals surface area contributed by atoms with Crippen molar-refractivity contribution in [2.45, 2.75) is 39.2 Å². The summed E-state index contributed by atoms with van der Waals surface area (Å²) in [5.41, 5.74) is 8.18. The molecule has 1 aromatic carbocycles. The van der Waals surface area contributed by atoms with Crippen molar-refractivity contribution in [2.24, 2.45) is 0 Å². The maximum atomic E-state index is 12.5. The molecule has 3 nitrogen and oxygen atoms in total. The third kappa shape index (κ3) is 2.60. The highest BCUT2D eigenvalue weighted by molar-refractivity contribution is 5.96. The van der Waals surface area contributed by atoms with Gasteiger partial charge in [-0.2, -0.15) is 0 Å². The lowest BCUT2D eigenvalue weighted by Gasteiger charge is -2.22. The molecule has 1 fully saturated rings. The lowest BCUT2D eigenvalue weighted by Crippen LogP contribution is -2.34. The zero-order valence-electron chi connectivity index (χ0n) is 10.6. The zero-order chi connectivity index (χ0) is 12.4. The normalized spacial score (nSPS) is 14.7. The first-order chi connectivity index (χ1) is 8.13. The van der Waals surface area contributed by atoms with Gasteiger partial charge in [0.05, 0.1) is 0 Å². The van der Waals surface area contributed by atoms with Gasteiger partial charge in [0, 0.05) is 23.8 Å². The first-order valence-corrected chi connectivity index (χ1v) is 6.30. The molecule has 0 aliphatic heterocycles. The first-order valence-electron chi connectivity index (χ1n) is 6.30. The Bertz CT molecular complexity index is 424. The Morgan fingerprint density at radius 3 is 2.76 bits per heavy atom. The van der Waals surface area contributed by atoms with Crippen molar-refractivity contribution in [3.8, 4) is 0 Å². The number of nitrogens with zero attached hydrogens (tertiary/aromatic N) is 1. The summed E-state index contributed by atoms with van der Waals surface area (Å²) in [6, 6.07) is 6.01. The van der Waals surface area contributed by atoms with E-state index in [0.29, 0.717) is 11.7 Å². The van der Waals surface area contributed by atoms with Gasteiger partial charge in [0.2, 0.25) is 0 Å². The monoisotopic (exact) mass is 232 g/mol. The van der Waals surface area contributed by atoms with Gasteiger partial charge in [-0.3, -0.25) is 4.79 Å². The third-order valence-corrected chi connectivity index (χ3v) is 3.21. The molecular weight excluding hydrogens is 212 g/mol. The number of amides is 1. The number of aryl methyl sites for hydroxylation is 1. The predicted molar refractivity (Wildman–Crippen MR) is 69.9 cm³/mol. The fraction of sp³-hybridized carbons (Fsp3) is 0.500. The number of nitrogen functional groups attached to an aromatic ring is 1. The zero-order valence-corrected chi connectivity index (χ0v) is 10.6. The van der Waals surface area contributed by atoms with Crippen molar-refractivity contribution < 1.29 is 4.79 Å². The smallest absolute Gasteiger partial charge is 0.254 e. The SMILES string of the molecule is CCCN(C(=O)c1cc(N)ccc1C)C1CC1. The lowest BCUT2D eigenvalue weighted by molar-refractivity contribution is 0.0742. The molecule has 17 heavy (non-hydrogen) atoms. The molecule has 0 saturated heterocycles. The standard InChI is InChI=1S/C14H20N2O/c1-3-8-16(12-6-7-12)14(17)13-9-11(15)5-4-10(13)2/h4-5,9,12H,3,6-8,15H2,1-2H3. The topological polar surface area (TPSA) is 46.3 Å². The van der Waals surface area contributed by atoms with Crippen molar-refractivity contribution in [3.63, 3.8) is 0 Å². The Morgan fingerprint density at radius 1 is 1.47 bits per heavy atom. The highest BCUT2D eigenvalue weighted by atomic mass is 16.2. The highest BCUT2D eigenvalue weighted by Crippen LogP contribution is 2.29. The Kier molecular flexibility index (Phi) is 3.36. The van der Waals surface area contributed by atoms with Crippen molar-refractivity contribution in [1.29, 1.82) is 0 Å². The van der Waals surface area contributed by atoms with Crippen molar-refractivity contribution in [3.05, 3.63) is 29.3 Å². The number of carbonyl (C=O) groups excluding carboxylic acids is 1. The van der Waals surface area contributed by atoms with Crippen LogP contribution in [0.5, 0.6) is 0 Å². The van der Waals surface area contributed by atoms with E-state index in [1.165, 1.54) is 0 Å². The fourth-order valence-corrected chi connectivity index (χ4v) is 2.10. The van der Waals surface area contributed by atoms with E-state index < -0.39 is 0 Å². The average Bonchev–Trinajstić information content (AvgIpc) is 3.12. The van der Waals surface area contributed by atoms with E-state index in [1.54, 1.807) is 6.07 Å². The van der Waals surface area contributed by atoms with Gasteiger partial charge in [-0.25, -0.2) is 0 Å². The summed E-state index contributed by atoms with van der Waals surface area (Å²) in [7, 11) is 0. The van der Waals surface area contributed by atoms with E-state index >= 15 is 0 Å². The van der Waals surface area contributed by atoms with Gasteiger partial charge in [-0.1, -0.05) is 13.0 Å². The number of benzene rings is 1. The highest BCUT2D eigenvalue weighted by Gasteiger charge is 2.32. The van der Waals surface area contributed by atoms with Crippen LogP contribution in [0, 0.1) is 6.92 Å². The first kappa shape index (κ1) is 12.0. The molecule has 1 aliphatic rings. The van der Waals surface area contributed by atoms with E-state index in [4.69, 9.17) is 5.73 Å². The van der Waals surface area contributed by atoms with Gasteiger partial charge in [-0.15, -0.1) is 0 Å². The minimum Gasteiger partial charge on any atom is -0.399 e. The molecule has 0 radical (unpaired) electrons. The molecule has 3 heteroatoms. The van der Waals surface area contributed by atoms with Gasteiger partial charge < -0.3 is 10.6 Å². The van der Waals surface area contributed by atoms with E-state index in [-0.39, 0.29) is 5.91 Å². The summed E-state index contributed by atoms with van der Waals surface area (Å²) in [6.07, 6.45) is 3.30. The number of nitrogens with two attached hydrogens (primary N) is 1. The molecule has 0 bridgehead atoms. The summed E-state index contributed by atoms with van der Waals surface area (Å²) < 4.78 is 0. The van der Waals surface area contributed by atoms with E-state index in [0.717, 1.165) is 36.9 Å². The predicted octanol–water partition coefficient (Wildman–Crippen LogP) is 2.59. The Labute approximate surface area is 103 Å². The van der Waals surface area contributed by atoms with E-state index in [2.05, 4.69) is 6.92 Å². The van der Waals surface area contributed by atoms with Gasteiger partial charge in [0.15, 0.2) is 0 Å². The van der Waals surface area contributed by atoms with Gasteiger partial charge in [0.1, 0.15) is 0 Å². The van der Waals surface area contributed by atoms with Gasteiger partial charge in [-0.05, 0) is 43.9 Å². The van der Waals surface area contributed by atoms with E-state index in [1.807, 2.05) is 24.0 Å².